The molecule has 1 heterocycles. The van der Waals surface area contributed by atoms with E-state index in [0.717, 1.165) is 23.9 Å². The molecule has 0 bridgehead atoms. The van der Waals surface area contributed by atoms with E-state index in [1.54, 1.807) is 17.9 Å². The minimum atomic E-state index is -4.44. The zero-order valence-electron chi connectivity index (χ0n) is 18.2. The van der Waals surface area contributed by atoms with Crippen LogP contribution in [0.4, 0.5) is 24.5 Å². The Balaban J connectivity index is 1.67. The summed E-state index contributed by atoms with van der Waals surface area (Å²) < 4.78 is 43.8. The Hall–Kier alpha value is -3.28. The van der Waals surface area contributed by atoms with Crippen molar-refractivity contribution < 1.29 is 32.4 Å². The first kappa shape index (κ1) is 25.3. The van der Waals surface area contributed by atoms with E-state index < -0.39 is 28.5 Å². The molecule has 0 aliphatic carbocycles. The van der Waals surface area contributed by atoms with Crippen LogP contribution in [0.25, 0.3) is 0 Å². The molecule has 8 nitrogen and oxygen atoms in total. The number of halogens is 3. The first-order chi connectivity index (χ1) is 16.1. The fourth-order valence-corrected chi connectivity index (χ4v) is 4.29. The van der Waals surface area contributed by atoms with Crippen molar-refractivity contribution in [2.45, 2.75) is 18.0 Å². The van der Waals surface area contributed by atoms with Crippen LogP contribution in [0.15, 0.2) is 47.4 Å². The quantitative estimate of drug-likeness (QED) is 0.245. The van der Waals surface area contributed by atoms with Gasteiger partial charge in [-0.15, -0.1) is 11.8 Å². The van der Waals surface area contributed by atoms with Crippen molar-refractivity contribution in [2.75, 3.05) is 43.4 Å². The van der Waals surface area contributed by atoms with Crippen LogP contribution >= 0.6 is 11.8 Å². The second-order valence-electron chi connectivity index (χ2n) is 7.36. The van der Waals surface area contributed by atoms with E-state index in [2.05, 4.69) is 0 Å². The molecule has 1 amide bonds. The average molecular weight is 497 g/mol. The maximum Gasteiger partial charge on any atom is 0.416 e. The van der Waals surface area contributed by atoms with Crippen LogP contribution in [0.1, 0.15) is 22.8 Å². The number of rotatable bonds is 7. The summed E-state index contributed by atoms with van der Waals surface area (Å²) in [4.78, 5) is 38.9. The highest BCUT2D eigenvalue weighted by Gasteiger charge is 2.31. The molecule has 2 aromatic rings. The highest BCUT2D eigenvalue weighted by atomic mass is 32.2. The van der Waals surface area contributed by atoms with Gasteiger partial charge in [0.15, 0.2) is 0 Å². The number of amides is 1. The number of anilines is 1. The van der Waals surface area contributed by atoms with E-state index in [9.17, 15) is 32.9 Å². The normalized spacial score (nSPS) is 14.1. The molecule has 1 aliphatic heterocycles. The molecule has 0 spiro atoms. The number of hydrogen-bond acceptors (Lipinski definition) is 7. The topological polar surface area (TPSA) is 93.0 Å². The van der Waals surface area contributed by atoms with Gasteiger partial charge in [-0.05, 0) is 37.3 Å². The van der Waals surface area contributed by atoms with Crippen molar-refractivity contribution in [3.8, 4) is 0 Å². The zero-order chi connectivity index (χ0) is 24.9. The summed E-state index contributed by atoms with van der Waals surface area (Å²) in [7, 11) is 0. The maximum absolute atomic E-state index is 13.0. The molecule has 0 unspecified atom stereocenters. The number of esters is 1. The number of hydrogen-bond donors (Lipinski definition) is 0. The zero-order valence-corrected chi connectivity index (χ0v) is 19.0. The molecule has 12 heteroatoms. The van der Waals surface area contributed by atoms with Gasteiger partial charge in [0.1, 0.15) is 0 Å². The van der Waals surface area contributed by atoms with Gasteiger partial charge in [0.2, 0.25) is 0 Å². The number of thioether (sulfide) groups is 1. The van der Waals surface area contributed by atoms with Gasteiger partial charge in [-0.3, -0.25) is 19.7 Å². The molecule has 0 aromatic heterocycles. The van der Waals surface area contributed by atoms with Crippen LogP contribution in [-0.4, -0.2) is 60.2 Å². The van der Waals surface area contributed by atoms with E-state index in [1.165, 1.54) is 29.2 Å². The monoisotopic (exact) mass is 497 g/mol. The summed E-state index contributed by atoms with van der Waals surface area (Å²) in [6, 6.07) is 9.07. The van der Waals surface area contributed by atoms with Crippen molar-refractivity contribution in [1.82, 2.24) is 4.90 Å². The van der Waals surface area contributed by atoms with E-state index in [0.29, 0.717) is 18.8 Å². The van der Waals surface area contributed by atoms with E-state index in [4.69, 9.17) is 4.74 Å². The Kier molecular flexibility index (Phi) is 8.02. The summed E-state index contributed by atoms with van der Waals surface area (Å²) in [5.74, 6) is -1.01. The van der Waals surface area contributed by atoms with Gasteiger partial charge in [-0.25, -0.2) is 0 Å². The number of nitro benzene ring substituents is 1. The Bertz CT molecular complexity index is 1070. The highest BCUT2D eigenvalue weighted by molar-refractivity contribution is 8.00. The largest absolute Gasteiger partial charge is 0.465 e. The number of piperazine rings is 1. The number of benzene rings is 2. The van der Waals surface area contributed by atoms with Gasteiger partial charge in [-0.2, -0.15) is 13.2 Å². The molecule has 182 valence electrons. The molecule has 2 aromatic carbocycles. The molecule has 1 saturated heterocycles. The standard InChI is InChI=1S/C22H22F3N3O5S/c1-2-33-20(29)14-34-19-7-6-15(12-18(19)28(31)32)21(30)27-10-8-26(9-11-27)17-5-3-4-16(13-17)22(23,24)25/h3-7,12-13H,2,8-11,14H2,1H3. The molecule has 0 N–H and O–H groups in total. The number of alkyl halides is 3. The summed E-state index contributed by atoms with van der Waals surface area (Å²) in [5, 5.41) is 11.5. The van der Waals surface area contributed by atoms with Crippen LogP contribution in [0.5, 0.6) is 0 Å². The minimum Gasteiger partial charge on any atom is -0.465 e. The lowest BCUT2D eigenvalue weighted by Gasteiger charge is -2.36. The lowest BCUT2D eigenvalue weighted by Crippen LogP contribution is -2.48. The Labute approximate surface area is 197 Å². The van der Waals surface area contributed by atoms with Crippen LogP contribution < -0.4 is 4.90 Å². The Morgan fingerprint density at radius 2 is 1.82 bits per heavy atom. The lowest BCUT2D eigenvalue weighted by molar-refractivity contribution is -0.387. The Morgan fingerprint density at radius 3 is 2.44 bits per heavy atom. The molecule has 1 aliphatic rings. The smallest absolute Gasteiger partial charge is 0.416 e. The second-order valence-corrected chi connectivity index (χ2v) is 8.38. The maximum atomic E-state index is 13.0. The van der Waals surface area contributed by atoms with Gasteiger partial charge < -0.3 is 14.5 Å². The first-order valence-corrected chi connectivity index (χ1v) is 11.4. The van der Waals surface area contributed by atoms with Gasteiger partial charge in [0.25, 0.3) is 11.6 Å². The summed E-state index contributed by atoms with van der Waals surface area (Å²) in [6.07, 6.45) is -4.44. The molecule has 3 rings (SSSR count). The van der Waals surface area contributed by atoms with Gasteiger partial charge in [-0.1, -0.05) is 6.07 Å². The molecular weight excluding hydrogens is 475 g/mol. The molecular formula is C22H22F3N3O5S. The fourth-order valence-electron chi connectivity index (χ4n) is 3.48. The van der Waals surface area contributed by atoms with Crippen molar-refractivity contribution in [3.63, 3.8) is 0 Å². The number of nitro groups is 1. The third-order valence-electron chi connectivity index (χ3n) is 5.16. The predicted octanol–water partition coefficient (Wildman–Crippen LogP) is 4.23. The number of ether oxygens (including phenoxy) is 1. The number of carbonyl (C=O) groups is 2. The Morgan fingerprint density at radius 1 is 1.12 bits per heavy atom. The van der Waals surface area contributed by atoms with Crippen molar-refractivity contribution >= 4 is 35.0 Å². The minimum absolute atomic E-state index is 0.0977. The van der Waals surface area contributed by atoms with Crippen LogP contribution in [0, 0.1) is 10.1 Å². The SMILES string of the molecule is CCOC(=O)CSc1ccc(C(=O)N2CCN(c3cccc(C(F)(F)F)c3)CC2)cc1[N+](=O)[O-]. The summed E-state index contributed by atoms with van der Waals surface area (Å²) in [6.45, 7) is 3.01. The summed E-state index contributed by atoms with van der Waals surface area (Å²) in [5.41, 5.74) is -0.486. The van der Waals surface area contributed by atoms with Crippen molar-refractivity contribution in [3.05, 3.63) is 63.7 Å². The molecule has 34 heavy (non-hydrogen) atoms. The fraction of sp³-hybridized carbons (Fsp3) is 0.364. The average Bonchev–Trinajstić information content (AvgIpc) is 2.82. The third-order valence-corrected chi connectivity index (χ3v) is 6.20. The van der Waals surface area contributed by atoms with Crippen LogP contribution in [0.3, 0.4) is 0 Å². The highest BCUT2D eigenvalue weighted by Crippen LogP contribution is 2.33. The number of nitrogens with zero attached hydrogens (tertiary/aromatic N) is 3. The molecule has 0 radical (unpaired) electrons. The van der Waals surface area contributed by atoms with Crippen molar-refractivity contribution in [1.29, 1.82) is 0 Å². The van der Waals surface area contributed by atoms with Gasteiger partial charge >= 0.3 is 12.1 Å². The molecule has 0 atom stereocenters. The third kappa shape index (κ3) is 6.19. The predicted molar refractivity (Wildman–Crippen MR) is 120 cm³/mol. The van der Waals surface area contributed by atoms with Crippen molar-refractivity contribution in [2.24, 2.45) is 0 Å². The second kappa shape index (κ2) is 10.8. The van der Waals surface area contributed by atoms with Gasteiger partial charge in [0.05, 0.1) is 27.7 Å². The molecule has 0 saturated carbocycles. The first-order valence-electron chi connectivity index (χ1n) is 10.4. The van der Waals surface area contributed by atoms with E-state index >= 15 is 0 Å². The lowest BCUT2D eigenvalue weighted by atomic mass is 10.1. The van der Waals surface area contributed by atoms with E-state index in [1.807, 2.05) is 0 Å². The number of carbonyl (C=O) groups excluding carboxylic acids is 2. The van der Waals surface area contributed by atoms with Crippen LogP contribution in [0.2, 0.25) is 0 Å². The summed E-state index contributed by atoms with van der Waals surface area (Å²) >= 11 is 0.952. The molecule has 1 fully saturated rings. The van der Waals surface area contributed by atoms with E-state index in [-0.39, 0.29) is 41.6 Å². The van der Waals surface area contributed by atoms with Gasteiger partial charge in [0, 0.05) is 43.5 Å². The van der Waals surface area contributed by atoms with Crippen LogP contribution in [-0.2, 0) is 15.7 Å².